The maximum absolute atomic E-state index is 13.2. The molecular weight excluding hydrogens is 237 g/mol. The third-order valence-electron chi connectivity index (χ3n) is 2.32. The molecule has 0 unspecified atom stereocenters. The molecule has 1 aromatic rings. The Morgan fingerprint density at radius 1 is 1.33 bits per heavy atom. The molecule has 1 rings (SSSR count). The lowest BCUT2D eigenvalue weighted by Crippen LogP contribution is -2.19. The van der Waals surface area contributed by atoms with Crippen LogP contribution in [-0.2, 0) is 16.0 Å². The van der Waals surface area contributed by atoms with Crippen LogP contribution < -0.4 is 10.1 Å². The lowest BCUT2D eigenvalue weighted by Gasteiger charge is -2.12. The van der Waals surface area contributed by atoms with Crippen molar-refractivity contribution in [2.24, 2.45) is 0 Å². The lowest BCUT2D eigenvalue weighted by atomic mass is 10.2. The first-order chi connectivity index (χ1) is 8.77. The van der Waals surface area contributed by atoms with Crippen molar-refractivity contribution in [3.05, 3.63) is 29.6 Å². The van der Waals surface area contributed by atoms with Crippen LogP contribution in [0.1, 0.15) is 12.5 Å². The van der Waals surface area contributed by atoms with Crippen molar-refractivity contribution in [2.45, 2.75) is 13.5 Å². The molecule has 0 atom stereocenters. The van der Waals surface area contributed by atoms with Crippen molar-refractivity contribution in [3.8, 4) is 5.75 Å². The Kier molecular flexibility index (Phi) is 7.32. The first-order valence-electron chi connectivity index (χ1n) is 5.96. The average molecular weight is 257 g/mol. The minimum atomic E-state index is -0.276. The second kappa shape index (κ2) is 8.85. The highest BCUT2D eigenvalue weighted by molar-refractivity contribution is 5.33. The predicted molar refractivity (Wildman–Crippen MR) is 67.1 cm³/mol. The number of benzene rings is 1. The van der Waals surface area contributed by atoms with Crippen molar-refractivity contribution in [1.29, 1.82) is 0 Å². The normalized spacial score (nSPS) is 10.6. The van der Waals surface area contributed by atoms with E-state index in [0.29, 0.717) is 32.1 Å². The van der Waals surface area contributed by atoms with Crippen LogP contribution in [0, 0.1) is 5.82 Å². The molecule has 0 fully saturated rings. The zero-order valence-electron chi connectivity index (χ0n) is 10.9. The molecule has 0 aliphatic carbocycles. The Hall–Kier alpha value is -1.17. The van der Waals surface area contributed by atoms with Crippen LogP contribution in [0.2, 0.25) is 0 Å². The molecular formula is C13H20FNO3. The van der Waals surface area contributed by atoms with Crippen LogP contribution in [0.15, 0.2) is 18.2 Å². The highest BCUT2D eigenvalue weighted by atomic mass is 19.1. The quantitative estimate of drug-likeness (QED) is 0.542. The van der Waals surface area contributed by atoms with Gasteiger partial charge < -0.3 is 19.5 Å². The second-order valence-electron chi connectivity index (χ2n) is 3.68. The first-order valence-corrected chi connectivity index (χ1v) is 5.96. The van der Waals surface area contributed by atoms with E-state index in [-0.39, 0.29) is 12.6 Å². The summed E-state index contributed by atoms with van der Waals surface area (Å²) in [4.78, 5) is 0. The van der Waals surface area contributed by atoms with E-state index in [1.807, 2.05) is 6.92 Å². The Balaban J connectivity index is 2.53. The van der Waals surface area contributed by atoms with Gasteiger partial charge in [0.25, 0.3) is 0 Å². The van der Waals surface area contributed by atoms with Crippen LogP contribution in [-0.4, -0.2) is 33.7 Å². The molecule has 0 aromatic heterocycles. The summed E-state index contributed by atoms with van der Waals surface area (Å²) in [5.74, 6) is 0.358. The molecule has 0 aliphatic heterocycles. The van der Waals surface area contributed by atoms with Gasteiger partial charge in [-0.15, -0.1) is 0 Å². The molecule has 0 bridgehead atoms. The summed E-state index contributed by atoms with van der Waals surface area (Å²) in [7, 11) is 1.64. The Morgan fingerprint density at radius 3 is 2.89 bits per heavy atom. The van der Waals surface area contributed by atoms with Gasteiger partial charge in [-0.2, -0.15) is 0 Å². The van der Waals surface area contributed by atoms with Gasteiger partial charge in [0.1, 0.15) is 11.6 Å². The average Bonchev–Trinajstić information content (AvgIpc) is 2.37. The third kappa shape index (κ3) is 5.44. The van der Waals surface area contributed by atoms with Gasteiger partial charge in [-0.3, -0.25) is 0 Å². The van der Waals surface area contributed by atoms with Crippen LogP contribution in [0.4, 0.5) is 4.39 Å². The van der Waals surface area contributed by atoms with Crippen molar-refractivity contribution < 1.29 is 18.6 Å². The number of hydrogen-bond donors (Lipinski definition) is 1. The molecule has 18 heavy (non-hydrogen) atoms. The van der Waals surface area contributed by atoms with Crippen molar-refractivity contribution >= 4 is 0 Å². The molecule has 0 saturated heterocycles. The molecule has 0 aliphatic rings. The van der Waals surface area contributed by atoms with Gasteiger partial charge in [-0.05, 0) is 25.1 Å². The van der Waals surface area contributed by atoms with E-state index in [4.69, 9.17) is 14.2 Å². The Labute approximate surface area is 107 Å². The van der Waals surface area contributed by atoms with E-state index < -0.39 is 0 Å². The molecule has 0 radical (unpaired) electrons. The van der Waals surface area contributed by atoms with E-state index >= 15 is 0 Å². The zero-order chi connectivity index (χ0) is 13.2. The first kappa shape index (κ1) is 14.9. The summed E-state index contributed by atoms with van der Waals surface area (Å²) in [6.45, 7) is 4.50. The summed E-state index contributed by atoms with van der Waals surface area (Å²) in [5, 5.41) is 3.15. The highest BCUT2D eigenvalue weighted by Crippen LogP contribution is 2.19. The number of rotatable bonds is 9. The van der Waals surface area contributed by atoms with E-state index in [9.17, 15) is 4.39 Å². The molecule has 4 nitrogen and oxygen atoms in total. The van der Waals surface area contributed by atoms with Gasteiger partial charge in [-0.1, -0.05) is 0 Å². The monoisotopic (exact) mass is 257 g/mol. The fourth-order valence-corrected chi connectivity index (χ4v) is 1.41. The summed E-state index contributed by atoms with van der Waals surface area (Å²) < 4.78 is 28.6. The van der Waals surface area contributed by atoms with Gasteiger partial charge in [0, 0.05) is 32.4 Å². The maximum atomic E-state index is 13.2. The van der Waals surface area contributed by atoms with E-state index in [0.717, 1.165) is 5.56 Å². The number of methoxy groups -OCH3 is 1. The smallest absolute Gasteiger partial charge is 0.189 e. The van der Waals surface area contributed by atoms with Crippen LogP contribution >= 0.6 is 0 Å². The minimum Gasteiger partial charge on any atom is -0.467 e. The molecule has 1 aromatic carbocycles. The zero-order valence-corrected chi connectivity index (χ0v) is 10.9. The second-order valence-corrected chi connectivity index (χ2v) is 3.68. The number of hydrogen-bond acceptors (Lipinski definition) is 4. The largest absolute Gasteiger partial charge is 0.467 e. The van der Waals surface area contributed by atoms with Gasteiger partial charge >= 0.3 is 0 Å². The molecule has 0 amide bonds. The minimum absolute atomic E-state index is 0.174. The molecule has 1 N–H and O–H groups in total. The van der Waals surface area contributed by atoms with E-state index in [1.54, 1.807) is 13.2 Å². The molecule has 0 spiro atoms. The van der Waals surface area contributed by atoms with Crippen molar-refractivity contribution in [3.63, 3.8) is 0 Å². The third-order valence-corrected chi connectivity index (χ3v) is 2.32. The molecule has 0 saturated carbocycles. The maximum Gasteiger partial charge on any atom is 0.189 e. The fourth-order valence-electron chi connectivity index (χ4n) is 1.41. The Morgan fingerprint density at radius 2 is 2.17 bits per heavy atom. The summed E-state index contributed by atoms with van der Waals surface area (Å²) in [5.41, 5.74) is 0.769. The topological polar surface area (TPSA) is 39.7 Å². The van der Waals surface area contributed by atoms with Crippen LogP contribution in [0.5, 0.6) is 5.75 Å². The fraction of sp³-hybridized carbons (Fsp3) is 0.538. The van der Waals surface area contributed by atoms with Crippen molar-refractivity contribution in [2.75, 3.05) is 33.7 Å². The number of ether oxygens (including phenoxy) is 3. The SMILES string of the molecule is CCOCOc1ccc(F)cc1CNCCOC. The Bertz CT molecular complexity index is 347. The van der Waals surface area contributed by atoms with Crippen LogP contribution in [0.25, 0.3) is 0 Å². The number of halogens is 1. The van der Waals surface area contributed by atoms with Gasteiger partial charge in [0.15, 0.2) is 6.79 Å². The van der Waals surface area contributed by atoms with Crippen molar-refractivity contribution in [1.82, 2.24) is 5.32 Å². The lowest BCUT2D eigenvalue weighted by molar-refractivity contribution is 0.0217. The van der Waals surface area contributed by atoms with Gasteiger partial charge in [-0.25, -0.2) is 4.39 Å². The summed E-state index contributed by atoms with van der Waals surface area (Å²) in [6.07, 6.45) is 0. The summed E-state index contributed by atoms with van der Waals surface area (Å²) in [6, 6.07) is 4.45. The highest BCUT2D eigenvalue weighted by Gasteiger charge is 2.05. The van der Waals surface area contributed by atoms with E-state index in [2.05, 4.69) is 5.32 Å². The molecule has 102 valence electrons. The summed E-state index contributed by atoms with van der Waals surface area (Å²) >= 11 is 0. The van der Waals surface area contributed by atoms with Gasteiger partial charge in [0.2, 0.25) is 0 Å². The van der Waals surface area contributed by atoms with E-state index in [1.165, 1.54) is 12.1 Å². The standard InChI is InChI=1S/C13H20FNO3/c1-3-17-10-18-13-5-4-12(14)8-11(13)9-15-6-7-16-2/h4-5,8,15H,3,6-7,9-10H2,1-2H3. The number of nitrogens with one attached hydrogen (secondary N) is 1. The predicted octanol–water partition coefficient (Wildman–Crippen LogP) is 1.93. The van der Waals surface area contributed by atoms with Crippen LogP contribution in [0.3, 0.4) is 0 Å². The van der Waals surface area contributed by atoms with Gasteiger partial charge in [0.05, 0.1) is 6.61 Å². The molecule has 0 heterocycles. The molecule has 5 heteroatoms.